The molecule has 1 saturated heterocycles. The molecule has 4 heteroatoms. The van der Waals surface area contributed by atoms with Crippen LogP contribution in [0.5, 0.6) is 0 Å². The summed E-state index contributed by atoms with van der Waals surface area (Å²) >= 11 is 0. The number of rotatable bonds is 6. The van der Waals surface area contributed by atoms with Gasteiger partial charge in [-0.05, 0) is 29.2 Å². The zero-order valence-corrected chi connectivity index (χ0v) is 19.0. The van der Waals surface area contributed by atoms with Crippen LogP contribution in [0.4, 0.5) is 0 Å². The van der Waals surface area contributed by atoms with E-state index in [-0.39, 0.29) is 6.10 Å². The molecule has 1 aromatic heterocycles. The van der Waals surface area contributed by atoms with Crippen molar-refractivity contribution >= 4 is 10.9 Å². The molecular weight excluding hydrogens is 406 g/mol. The van der Waals surface area contributed by atoms with Crippen LogP contribution in [0.2, 0.25) is 0 Å². The summed E-state index contributed by atoms with van der Waals surface area (Å²) in [5.41, 5.74) is 6.65. The smallest absolute Gasteiger partial charge is 0.108 e. The Kier molecular flexibility index (Phi) is 5.73. The lowest BCUT2D eigenvalue weighted by molar-refractivity contribution is 0.0216. The molecule has 2 aliphatic heterocycles. The van der Waals surface area contributed by atoms with Gasteiger partial charge >= 0.3 is 0 Å². The highest BCUT2D eigenvalue weighted by Crippen LogP contribution is 2.32. The van der Waals surface area contributed by atoms with E-state index in [9.17, 15) is 0 Å². The summed E-state index contributed by atoms with van der Waals surface area (Å²) in [6, 6.07) is 30.5. The largest absolute Gasteiger partial charge is 0.367 e. The predicted octanol–water partition coefficient (Wildman–Crippen LogP) is 5.02. The van der Waals surface area contributed by atoms with E-state index in [2.05, 4.69) is 99.7 Å². The van der Waals surface area contributed by atoms with E-state index in [1.54, 1.807) is 0 Å². The van der Waals surface area contributed by atoms with Gasteiger partial charge in [-0.1, -0.05) is 78.9 Å². The highest BCUT2D eigenvalue weighted by molar-refractivity contribution is 5.84. The molecule has 33 heavy (non-hydrogen) atoms. The number of para-hydroxylation sites is 1. The first-order valence-electron chi connectivity index (χ1n) is 12.1. The second-order valence-electron chi connectivity index (χ2n) is 9.33. The fraction of sp³-hybridized carbons (Fsp3) is 0.310. The molecule has 4 aromatic rings. The van der Waals surface area contributed by atoms with Gasteiger partial charge in [-0.25, -0.2) is 0 Å². The minimum Gasteiger partial charge on any atom is -0.367 e. The Morgan fingerprint density at radius 2 is 1.55 bits per heavy atom. The monoisotopic (exact) mass is 437 g/mol. The van der Waals surface area contributed by atoms with Crippen molar-refractivity contribution in [3.8, 4) is 0 Å². The van der Waals surface area contributed by atoms with Gasteiger partial charge in [0.05, 0.1) is 6.61 Å². The van der Waals surface area contributed by atoms with E-state index in [0.29, 0.717) is 6.04 Å². The van der Waals surface area contributed by atoms with Crippen molar-refractivity contribution in [2.75, 3.05) is 32.8 Å². The van der Waals surface area contributed by atoms with Gasteiger partial charge in [0.15, 0.2) is 0 Å². The molecule has 3 heterocycles. The third-order valence-corrected chi connectivity index (χ3v) is 7.29. The number of hydrogen-bond acceptors (Lipinski definition) is 3. The van der Waals surface area contributed by atoms with Crippen molar-refractivity contribution in [1.29, 1.82) is 0 Å². The van der Waals surface area contributed by atoms with Crippen molar-refractivity contribution in [2.24, 2.45) is 0 Å². The van der Waals surface area contributed by atoms with Crippen molar-refractivity contribution < 1.29 is 4.74 Å². The van der Waals surface area contributed by atoms with Crippen LogP contribution >= 0.6 is 0 Å². The number of nitrogens with zero attached hydrogens (tertiary/aromatic N) is 2. The Morgan fingerprint density at radius 3 is 2.30 bits per heavy atom. The summed E-state index contributed by atoms with van der Waals surface area (Å²) in [5.74, 6) is 0. The average molecular weight is 438 g/mol. The maximum atomic E-state index is 6.49. The summed E-state index contributed by atoms with van der Waals surface area (Å²) in [7, 11) is 0. The molecular formula is C29H31N3O. The zero-order chi connectivity index (χ0) is 22.0. The molecule has 168 valence electrons. The Labute approximate surface area is 195 Å². The van der Waals surface area contributed by atoms with Crippen LogP contribution in [0, 0.1) is 0 Å². The molecule has 2 aliphatic rings. The zero-order valence-electron chi connectivity index (χ0n) is 19.0. The lowest BCUT2D eigenvalue weighted by Gasteiger charge is -2.44. The maximum Gasteiger partial charge on any atom is 0.108 e. The van der Waals surface area contributed by atoms with Gasteiger partial charge in [-0.3, -0.25) is 9.80 Å². The number of aromatic amines is 1. The van der Waals surface area contributed by atoms with Gasteiger partial charge in [-0.2, -0.15) is 0 Å². The van der Waals surface area contributed by atoms with Crippen LogP contribution in [0.3, 0.4) is 0 Å². The van der Waals surface area contributed by atoms with E-state index in [0.717, 1.165) is 45.8 Å². The third kappa shape index (κ3) is 4.22. The van der Waals surface area contributed by atoms with Crippen molar-refractivity contribution in [1.82, 2.24) is 14.8 Å². The Bertz CT molecular complexity index is 1160. The van der Waals surface area contributed by atoms with Crippen LogP contribution in [0.25, 0.3) is 10.9 Å². The highest BCUT2D eigenvalue weighted by atomic mass is 16.5. The lowest BCUT2D eigenvalue weighted by Crippen LogP contribution is -2.55. The molecule has 0 bridgehead atoms. The summed E-state index contributed by atoms with van der Waals surface area (Å²) < 4.78 is 6.49. The summed E-state index contributed by atoms with van der Waals surface area (Å²) in [5, 5.41) is 1.40. The number of fused-ring (bicyclic) bond motifs is 4. The second kappa shape index (κ2) is 9.14. The number of hydrogen-bond donors (Lipinski definition) is 1. The first kappa shape index (κ1) is 20.7. The molecule has 0 saturated carbocycles. The minimum atomic E-state index is -0.0165. The fourth-order valence-corrected chi connectivity index (χ4v) is 5.57. The van der Waals surface area contributed by atoms with E-state index in [1.165, 1.54) is 33.3 Å². The van der Waals surface area contributed by atoms with Crippen molar-refractivity contribution in [3.63, 3.8) is 0 Å². The molecule has 1 atom stereocenters. The first-order valence-corrected chi connectivity index (χ1v) is 12.1. The molecule has 6 rings (SSSR count). The highest BCUT2D eigenvalue weighted by Gasteiger charge is 2.33. The van der Waals surface area contributed by atoms with Crippen LogP contribution in [-0.2, 0) is 17.7 Å². The van der Waals surface area contributed by atoms with Gasteiger partial charge in [0.2, 0.25) is 0 Å². The predicted molar refractivity (Wildman–Crippen MR) is 133 cm³/mol. The molecule has 1 N–H and O–H groups in total. The molecule has 0 aliphatic carbocycles. The van der Waals surface area contributed by atoms with E-state index < -0.39 is 0 Å². The minimum absolute atomic E-state index is 0.0165. The van der Waals surface area contributed by atoms with E-state index >= 15 is 0 Å². The Balaban J connectivity index is 1.11. The number of piperazine rings is 1. The van der Waals surface area contributed by atoms with E-state index in [4.69, 9.17) is 4.74 Å². The molecule has 0 amide bonds. The van der Waals surface area contributed by atoms with Crippen LogP contribution < -0.4 is 0 Å². The van der Waals surface area contributed by atoms with Gasteiger partial charge in [0.25, 0.3) is 0 Å². The van der Waals surface area contributed by atoms with Crippen LogP contribution in [0.15, 0.2) is 84.9 Å². The summed E-state index contributed by atoms with van der Waals surface area (Å²) in [4.78, 5) is 8.91. The topological polar surface area (TPSA) is 31.5 Å². The number of nitrogens with one attached hydrogen (secondary N) is 1. The average Bonchev–Trinajstić information content (AvgIpc) is 3.23. The Morgan fingerprint density at radius 1 is 0.848 bits per heavy atom. The summed E-state index contributed by atoms with van der Waals surface area (Å²) in [6.45, 7) is 6.10. The molecule has 4 nitrogen and oxygen atoms in total. The molecule has 1 fully saturated rings. The van der Waals surface area contributed by atoms with Crippen LogP contribution in [-0.4, -0.2) is 53.6 Å². The van der Waals surface area contributed by atoms with Gasteiger partial charge < -0.3 is 9.72 Å². The number of ether oxygens (including phenoxy) is 1. The molecule has 3 aromatic carbocycles. The van der Waals surface area contributed by atoms with E-state index in [1.807, 2.05) is 0 Å². The quantitative estimate of drug-likeness (QED) is 0.460. The number of aromatic nitrogens is 1. The summed E-state index contributed by atoms with van der Waals surface area (Å²) in [6.07, 6.45) is 1.12. The lowest BCUT2D eigenvalue weighted by atomic mass is 9.95. The second-order valence-corrected chi connectivity index (χ2v) is 9.33. The van der Waals surface area contributed by atoms with Crippen molar-refractivity contribution in [2.45, 2.75) is 25.1 Å². The molecule has 0 spiro atoms. The van der Waals surface area contributed by atoms with Gasteiger partial charge in [0.1, 0.15) is 6.10 Å². The SMILES string of the molecule is c1ccc(C(OCCN2CCN3Cc4[nH]c5ccccc5c4CC3C2)c2ccccc2)cc1. The Hall–Kier alpha value is -2.92. The normalized spacial score (nSPS) is 19.0. The maximum absolute atomic E-state index is 6.49. The third-order valence-electron chi connectivity index (χ3n) is 7.29. The van der Waals surface area contributed by atoms with Crippen molar-refractivity contribution in [3.05, 3.63) is 107 Å². The molecule has 0 radical (unpaired) electrons. The standard InChI is InChI=1S/C29H31N3O/c1-3-9-22(10-4-1)29(23-11-5-2-6-12-23)33-18-17-31-15-16-32-21-28-26(19-24(32)20-31)25-13-7-8-14-27(25)30-28/h1-14,24,29-30H,15-21H2. The first-order chi connectivity index (χ1) is 16.3. The van der Waals surface area contributed by atoms with Crippen LogP contribution in [0.1, 0.15) is 28.5 Å². The molecule has 1 unspecified atom stereocenters. The fourth-order valence-electron chi connectivity index (χ4n) is 5.57. The number of H-pyrrole nitrogens is 1. The number of benzene rings is 3. The van der Waals surface area contributed by atoms with Gasteiger partial charge in [0, 0.05) is 55.4 Å². The van der Waals surface area contributed by atoms with Gasteiger partial charge in [-0.15, -0.1) is 0 Å².